The zero-order valence-electron chi connectivity index (χ0n) is 17.5. The Morgan fingerprint density at radius 1 is 0.906 bits per heavy atom. The molecule has 0 atom stereocenters. The fraction of sp³-hybridized carbons (Fsp3) is 0.111. The lowest BCUT2D eigenvalue weighted by Gasteiger charge is -2.25. The second-order valence-electron chi connectivity index (χ2n) is 7.74. The molecule has 2 heterocycles. The fourth-order valence-corrected chi connectivity index (χ4v) is 4.04. The molecule has 0 saturated carbocycles. The van der Waals surface area contributed by atoms with E-state index in [1.807, 2.05) is 96.0 Å². The van der Waals surface area contributed by atoms with Gasteiger partial charge in [-0.3, -0.25) is 5.41 Å². The highest BCUT2D eigenvalue weighted by atomic mass is 16.5. The topological polar surface area (TPSA) is 68.9 Å². The lowest BCUT2D eigenvalue weighted by Crippen LogP contribution is -2.25. The minimum absolute atomic E-state index is 0.125. The minimum Gasteiger partial charge on any atom is -0.489 e. The molecule has 0 amide bonds. The predicted octanol–water partition coefficient (Wildman–Crippen LogP) is 4.91. The van der Waals surface area contributed by atoms with Gasteiger partial charge in [-0.15, -0.1) is 0 Å². The zero-order chi connectivity index (χ0) is 21.9. The van der Waals surface area contributed by atoms with Gasteiger partial charge in [0.2, 0.25) is 0 Å². The largest absolute Gasteiger partial charge is 0.489 e. The molecular weight excluding hydrogens is 398 g/mol. The van der Waals surface area contributed by atoms with Crippen molar-refractivity contribution in [3.8, 4) is 5.75 Å². The number of nitrogens with zero attached hydrogens (tertiary/aromatic N) is 2. The maximum atomic E-state index is 10.2. The SMILES string of the molecule is N=C1N=C2C=CC(c3cccc(OCc4ccccc4)c3CO)=CN2Cc2ccccc21. The molecule has 3 aromatic carbocycles. The smallest absolute Gasteiger partial charge is 0.154 e. The second kappa shape index (κ2) is 8.65. The Bertz CT molecular complexity index is 1260. The van der Waals surface area contributed by atoms with Gasteiger partial charge >= 0.3 is 0 Å². The first-order valence-corrected chi connectivity index (χ1v) is 10.5. The first kappa shape index (κ1) is 20.0. The van der Waals surface area contributed by atoms with E-state index in [0.717, 1.165) is 39.2 Å². The van der Waals surface area contributed by atoms with E-state index in [0.29, 0.717) is 18.9 Å². The molecule has 0 radical (unpaired) electrons. The van der Waals surface area contributed by atoms with Crippen molar-refractivity contribution < 1.29 is 9.84 Å². The van der Waals surface area contributed by atoms with Gasteiger partial charge in [0, 0.05) is 23.9 Å². The quantitative estimate of drug-likeness (QED) is 0.615. The molecule has 0 aromatic heterocycles. The number of ether oxygens (including phenoxy) is 1. The lowest BCUT2D eigenvalue weighted by molar-refractivity contribution is 0.258. The monoisotopic (exact) mass is 421 g/mol. The van der Waals surface area contributed by atoms with Crippen molar-refractivity contribution in [3.63, 3.8) is 0 Å². The molecule has 0 spiro atoms. The maximum absolute atomic E-state index is 10.2. The van der Waals surface area contributed by atoms with Gasteiger partial charge in [0.25, 0.3) is 0 Å². The summed E-state index contributed by atoms with van der Waals surface area (Å²) >= 11 is 0. The van der Waals surface area contributed by atoms with Gasteiger partial charge in [-0.2, -0.15) is 0 Å². The number of aliphatic hydroxyl groups is 1. The number of rotatable bonds is 5. The molecule has 2 aliphatic rings. The van der Waals surface area contributed by atoms with Crippen LogP contribution in [0.25, 0.3) is 5.57 Å². The van der Waals surface area contributed by atoms with E-state index in [4.69, 9.17) is 10.1 Å². The summed E-state index contributed by atoms with van der Waals surface area (Å²) in [6, 6.07) is 23.7. The van der Waals surface area contributed by atoms with Gasteiger partial charge < -0.3 is 14.7 Å². The number of benzene rings is 3. The highest BCUT2D eigenvalue weighted by Crippen LogP contribution is 2.32. The molecule has 0 aliphatic carbocycles. The first-order chi connectivity index (χ1) is 15.7. The van der Waals surface area contributed by atoms with E-state index in [1.54, 1.807) is 0 Å². The molecule has 0 unspecified atom stereocenters. The number of hydrogen-bond acceptors (Lipinski definition) is 4. The van der Waals surface area contributed by atoms with Crippen LogP contribution >= 0.6 is 0 Å². The molecule has 0 saturated heterocycles. The zero-order valence-corrected chi connectivity index (χ0v) is 17.5. The number of aliphatic hydroxyl groups excluding tert-OH is 1. The Hall–Kier alpha value is -3.96. The van der Waals surface area contributed by atoms with E-state index in [9.17, 15) is 5.11 Å². The molecule has 0 bridgehead atoms. The standard InChI is InChI=1S/C27H23N3O2/c28-27-23-10-5-4-9-20(23)15-30-16-21(13-14-26(30)29-27)22-11-6-12-25(24(22)17-31)32-18-19-7-2-1-3-8-19/h1-14,16,28,31H,15,17-18H2. The van der Waals surface area contributed by atoms with E-state index in [2.05, 4.69) is 4.99 Å². The summed E-state index contributed by atoms with van der Waals surface area (Å²) in [5, 5.41) is 18.5. The highest BCUT2D eigenvalue weighted by Gasteiger charge is 2.22. The predicted molar refractivity (Wildman–Crippen MR) is 127 cm³/mol. The summed E-state index contributed by atoms with van der Waals surface area (Å²) in [7, 11) is 0. The number of hydrogen-bond donors (Lipinski definition) is 2. The van der Waals surface area contributed by atoms with Crippen molar-refractivity contribution in [1.82, 2.24) is 4.90 Å². The van der Waals surface area contributed by atoms with Crippen LogP contribution in [0.4, 0.5) is 0 Å². The van der Waals surface area contributed by atoms with Gasteiger partial charge in [0.05, 0.1) is 6.61 Å². The molecule has 2 aliphatic heterocycles. The number of fused-ring (bicyclic) bond motifs is 2. The van der Waals surface area contributed by atoms with Crippen molar-refractivity contribution in [1.29, 1.82) is 5.41 Å². The molecular formula is C27H23N3O2. The Kier molecular flexibility index (Phi) is 5.40. The number of allylic oxidation sites excluding steroid dienone is 2. The van der Waals surface area contributed by atoms with Crippen LogP contribution in [-0.4, -0.2) is 21.7 Å². The van der Waals surface area contributed by atoms with Crippen LogP contribution in [0.3, 0.4) is 0 Å². The molecule has 2 N–H and O–H groups in total. The summed E-state index contributed by atoms with van der Waals surface area (Å²) < 4.78 is 6.06. The molecule has 3 aromatic rings. The van der Waals surface area contributed by atoms with Crippen molar-refractivity contribution in [2.75, 3.05) is 0 Å². The molecule has 5 rings (SSSR count). The van der Waals surface area contributed by atoms with Crippen molar-refractivity contribution in [3.05, 3.63) is 119 Å². The fourth-order valence-electron chi connectivity index (χ4n) is 4.04. The van der Waals surface area contributed by atoms with Crippen molar-refractivity contribution in [2.24, 2.45) is 4.99 Å². The number of aliphatic imine (C=N–C) groups is 1. The normalized spacial score (nSPS) is 14.8. The van der Waals surface area contributed by atoms with Gasteiger partial charge in [-0.25, -0.2) is 4.99 Å². The summed E-state index contributed by atoms with van der Waals surface area (Å²) in [6.07, 6.45) is 5.94. The van der Waals surface area contributed by atoms with Crippen molar-refractivity contribution in [2.45, 2.75) is 19.8 Å². The molecule has 5 nitrogen and oxygen atoms in total. The summed E-state index contributed by atoms with van der Waals surface area (Å²) in [4.78, 5) is 6.56. The molecule has 5 heteroatoms. The van der Waals surface area contributed by atoms with Crippen LogP contribution in [0.15, 0.2) is 96.1 Å². The Morgan fingerprint density at radius 3 is 2.53 bits per heavy atom. The third-order valence-electron chi connectivity index (χ3n) is 5.68. The Balaban J connectivity index is 1.46. The van der Waals surface area contributed by atoms with Crippen molar-refractivity contribution >= 4 is 17.2 Å². The summed E-state index contributed by atoms with van der Waals surface area (Å²) in [5.41, 5.74) is 5.62. The van der Waals surface area contributed by atoms with Crippen LogP contribution in [0.2, 0.25) is 0 Å². The Morgan fingerprint density at radius 2 is 1.69 bits per heavy atom. The van der Waals surface area contributed by atoms with E-state index < -0.39 is 0 Å². The molecule has 0 fully saturated rings. The van der Waals surface area contributed by atoms with Crippen LogP contribution in [0.1, 0.15) is 27.8 Å². The third kappa shape index (κ3) is 3.86. The van der Waals surface area contributed by atoms with E-state index >= 15 is 0 Å². The summed E-state index contributed by atoms with van der Waals surface area (Å²) in [6.45, 7) is 0.942. The Labute approximate surface area is 187 Å². The lowest BCUT2D eigenvalue weighted by atomic mass is 9.97. The van der Waals surface area contributed by atoms with Gasteiger partial charge in [-0.1, -0.05) is 66.7 Å². The average Bonchev–Trinajstić information content (AvgIpc) is 2.98. The minimum atomic E-state index is -0.125. The average molecular weight is 422 g/mol. The maximum Gasteiger partial charge on any atom is 0.154 e. The molecule has 32 heavy (non-hydrogen) atoms. The first-order valence-electron chi connectivity index (χ1n) is 10.5. The van der Waals surface area contributed by atoms with E-state index in [-0.39, 0.29) is 12.4 Å². The van der Waals surface area contributed by atoms with Gasteiger partial charge in [0.1, 0.15) is 18.2 Å². The number of nitrogens with one attached hydrogen (secondary N) is 1. The van der Waals surface area contributed by atoms with Crippen LogP contribution in [-0.2, 0) is 19.8 Å². The van der Waals surface area contributed by atoms with Crippen LogP contribution in [0.5, 0.6) is 5.75 Å². The molecule has 158 valence electrons. The summed E-state index contributed by atoms with van der Waals surface area (Å²) in [5.74, 6) is 1.68. The highest BCUT2D eigenvalue weighted by molar-refractivity contribution is 6.11. The number of amidine groups is 2. The van der Waals surface area contributed by atoms with Gasteiger partial charge in [0.15, 0.2) is 5.84 Å². The second-order valence-corrected chi connectivity index (χ2v) is 7.74. The van der Waals surface area contributed by atoms with Gasteiger partial charge in [-0.05, 0) is 40.5 Å². The van der Waals surface area contributed by atoms with Crippen LogP contribution in [0, 0.1) is 5.41 Å². The van der Waals surface area contributed by atoms with E-state index in [1.165, 1.54) is 0 Å². The third-order valence-corrected chi connectivity index (χ3v) is 5.68. The van der Waals surface area contributed by atoms with Crippen LogP contribution < -0.4 is 4.74 Å².